The minimum absolute atomic E-state index is 0.221. The molecule has 0 aliphatic heterocycles. The predicted octanol–water partition coefficient (Wildman–Crippen LogP) is 2.75. The zero-order valence-corrected chi connectivity index (χ0v) is 13.3. The number of nitrogens with zero attached hydrogens (tertiary/aromatic N) is 1. The molecule has 0 aliphatic carbocycles. The number of esters is 1. The number of nitriles is 1. The summed E-state index contributed by atoms with van der Waals surface area (Å²) in [5, 5.41) is 11.5. The molecule has 0 aliphatic rings. The fourth-order valence-corrected chi connectivity index (χ4v) is 1.92. The molecule has 122 valence electrons. The van der Waals surface area contributed by atoms with E-state index in [9.17, 15) is 9.59 Å². The number of methoxy groups -OCH3 is 1. The van der Waals surface area contributed by atoms with Gasteiger partial charge in [-0.25, -0.2) is 4.79 Å². The van der Waals surface area contributed by atoms with Crippen LogP contribution in [0.1, 0.15) is 22.8 Å². The molecule has 0 bridgehead atoms. The molecular formula is C18H16N2O4. The molecule has 1 amide bonds. The van der Waals surface area contributed by atoms with Gasteiger partial charge in [0.25, 0.3) is 5.91 Å². The van der Waals surface area contributed by atoms with Crippen molar-refractivity contribution in [2.75, 3.05) is 12.4 Å². The predicted molar refractivity (Wildman–Crippen MR) is 87.7 cm³/mol. The van der Waals surface area contributed by atoms with E-state index in [0.29, 0.717) is 17.0 Å². The molecule has 24 heavy (non-hydrogen) atoms. The summed E-state index contributed by atoms with van der Waals surface area (Å²) in [5.74, 6) is -0.445. The van der Waals surface area contributed by atoms with Crippen molar-refractivity contribution in [3.05, 3.63) is 59.7 Å². The Labute approximate surface area is 139 Å². The third-order valence-electron chi connectivity index (χ3n) is 3.24. The van der Waals surface area contributed by atoms with E-state index >= 15 is 0 Å². The topological polar surface area (TPSA) is 88.4 Å². The van der Waals surface area contributed by atoms with Crippen LogP contribution in [0.3, 0.4) is 0 Å². The Hall–Kier alpha value is -3.33. The second-order valence-electron chi connectivity index (χ2n) is 4.96. The van der Waals surface area contributed by atoms with Crippen LogP contribution in [0.15, 0.2) is 48.5 Å². The number of hydrogen-bond donors (Lipinski definition) is 1. The molecule has 0 radical (unpaired) electrons. The summed E-state index contributed by atoms with van der Waals surface area (Å²) in [6.07, 6.45) is -0.981. The van der Waals surface area contributed by atoms with Gasteiger partial charge in [0, 0.05) is 5.69 Å². The number of hydrogen-bond acceptors (Lipinski definition) is 5. The summed E-state index contributed by atoms with van der Waals surface area (Å²) < 4.78 is 10.2. The highest BCUT2D eigenvalue weighted by Gasteiger charge is 2.19. The summed E-state index contributed by atoms with van der Waals surface area (Å²) >= 11 is 0. The average molecular weight is 324 g/mol. The molecule has 0 fully saturated rings. The first-order valence-corrected chi connectivity index (χ1v) is 7.19. The molecule has 1 atom stereocenters. The number of rotatable bonds is 5. The summed E-state index contributed by atoms with van der Waals surface area (Å²) in [5.41, 5.74) is 1.13. The van der Waals surface area contributed by atoms with Crippen molar-refractivity contribution in [1.82, 2.24) is 0 Å². The van der Waals surface area contributed by atoms with Crippen LogP contribution in [-0.2, 0) is 9.53 Å². The van der Waals surface area contributed by atoms with Gasteiger partial charge in [-0.1, -0.05) is 6.07 Å². The highest BCUT2D eigenvalue weighted by atomic mass is 16.5. The van der Waals surface area contributed by atoms with E-state index in [0.717, 1.165) is 0 Å². The summed E-state index contributed by atoms with van der Waals surface area (Å²) in [6, 6.07) is 14.8. The van der Waals surface area contributed by atoms with Gasteiger partial charge in [-0.15, -0.1) is 0 Å². The van der Waals surface area contributed by atoms with Crippen LogP contribution in [0.25, 0.3) is 0 Å². The van der Waals surface area contributed by atoms with E-state index in [1.54, 1.807) is 43.5 Å². The molecule has 0 aromatic heterocycles. The lowest BCUT2D eigenvalue weighted by molar-refractivity contribution is -0.123. The van der Waals surface area contributed by atoms with Crippen LogP contribution >= 0.6 is 0 Å². The summed E-state index contributed by atoms with van der Waals surface area (Å²) in [4.78, 5) is 24.1. The van der Waals surface area contributed by atoms with E-state index in [4.69, 9.17) is 14.7 Å². The van der Waals surface area contributed by atoms with Gasteiger partial charge in [-0.05, 0) is 49.4 Å². The number of benzene rings is 2. The Bertz CT molecular complexity index is 778. The number of ether oxygens (including phenoxy) is 2. The van der Waals surface area contributed by atoms with Gasteiger partial charge >= 0.3 is 5.97 Å². The maximum atomic E-state index is 12.1. The molecule has 0 spiro atoms. The van der Waals surface area contributed by atoms with E-state index < -0.39 is 18.0 Å². The van der Waals surface area contributed by atoms with Crippen molar-refractivity contribution < 1.29 is 19.1 Å². The van der Waals surface area contributed by atoms with Crippen molar-refractivity contribution in [2.24, 2.45) is 0 Å². The number of anilines is 1. The molecule has 1 N–H and O–H groups in total. The van der Waals surface area contributed by atoms with Crippen LogP contribution < -0.4 is 10.1 Å². The third kappa shape index (κ3) is 4.34. The lowest BCUT2D eigenvalue weighted by Crippen LogP contribution is -2.30. The SMILES string of the molecule is COc1ccc(NC(=O)[C@H](C)OC(=O)c2cccc(C#N)c2)cc1. The minimum Gasteiger partial charge on any atom is -0.497 e. The van der Waals surface area contributed by atoms with E-state index in [1.165, 1.54) is 19.1 Å². The molecular weight excluding hydrogens is 308 g/mol. The van der Waals surface area contributed by atoms with Gasteiger partial charge in [0.1, 0.15) is 5.75 Å². The second-order valence-corrected chi connectivity index (χ2v) is 4.96. The highest BCUT2D eigenvalue weighted by Crippen LogP contribution is 2.15. The fourth-order valence-electron chi connectivity index (χ4n) is 1.92. The molecule has 0 saturated carbocycles. The van der Waals surface area contributed by atoms with Crippen molar-refractivity contribution in [3.8, 4) is 11.8 Å². The van der Waals surface area contributed by atoms with Crippen LogP contribution in [0.4, 0.5) is 5.69 Å². The van der Waals surface area contributed by atoms with Crippen molar-refractivity contribution in [1.29, 1.82) is 5.26 Å². The van der Waals surface area contributed by atoms with Crippen LogP contribution in [0.2, 0.25) is 0 Å². The number of carbonyl (C=O) groups is 2. The van der Waals surface area contributed by atoms with Crippen LogP contribution in [-0.4, -0.2) is 25.1 Å². The maximum Gasteiger partial charge on any atom is 0.338 e. The quantitative estimate of drug-likeness (QED) is 0.854. The molecule has 6 nitrogen and oxygen atoms in total. The fraction of sp³-hybridized carbons (Fsp3) is 0.167. The molecule has 0 saturated heterocycles. The Morgan fingerprint density at radius 2 is 1.88 bits per heavy atom. The van der Waals surface area contributed by atoms with E-state index in [-0.39, 0.29) is 5.56 Å². The maximum absolute atomic E-state index is 12.1. The Morgan fingerprint density at radius 3 is 2.50 bits per heavy atom. The van der Waals surface area contributed by atoms with Gasteiger partial charge in [0.2, 0.25) is 0 Å². The van der Waals surface area contributed by atoms with Gasteiger partial charge in [0.15, 0.2) is 6.10 Å². The normalized spacial score (nSPS) is 11.0. The highest BCUT2D eigenvalue weighted by molar-refractivity contribution is 5.97. The van der Waals surface area contributed by atoms with Crippen LogP contribution in [0.5, 0.6) is 5.75 Å². The van der Waals surface area contributed by atoms with Crippen LogP contribution in [0, 0.1) is 11.3 Å². The number of carbonyl (C=O) groups excluding carboxylic acids is 2. The van der Waals surface area contributed by atoms with Crippen molar-refractivity contribution >= 4 is 17.6 Å². The first kappa shape index (κ1) is 17.0. The molecule has 6 heteroatoms. The number of nitrogens with one attached hydrogen (secondary N) is 1. The molecule has 2 rings (SSSR count). The first-order chi connectivity index (χ1) is 11.5. The van der Waals surface area contributed by atoms with E-state index in [1.807, 2.05) is 6.07 Å². The standard InChI is InChI=1S/C18H16N2O4/c1-12(17(21)20-15-6-8-16(23-2)9-7-15)24-18(22)14-5-3-4-13(10-14)11-19/h3-10,12H,1-2H3,(H,20,21)/t12-/m0/s1. The molecule has 2 aromatic carbocycles. The molecule has 0 heterocycles. The summed E-state index contributed by atoms with van der Waals surface area (Å²) in [6.45, 7) is 1.48. The van der Waals surface area contributed by atoms with Crippen molar-refractivity contribution in [2.45, 2.75) is 13.0 Å². The van der Waals surface area contributed by atoms with Gasteiger partial charge in [-0.2, -0.15) is 5.26 Å². The number of amides is 1. The largest absolute Gasteiger partial charge is 0.497 e. The second kappa shape index (κ2) is 7.79. The Balaban J connectivity index is 1.97. The zero-order chi connectivity index (χ0) is 17.5. The molecule has 0 unspecified atom stereocenters. The van der Waals surface area contributed by atoms with Gasteiger partial charge in [0.05, 0.1) is 24.3 Å². The lowest BCUT2D eigenvalue weighted by Gasteiger charge is -2.14. The Morgan fingerprint density at radius 1 is 1.17 bits per heavy atom. The smallest absolute Gasteiger partial charge is 0.338 e. The summed E-state index contributed by atoms with van der Waals surface area (Å²) in [7, 11) is 1.55. The zero-order valence-electron chi connectivity index (χ0n) is 13.3. The molecule has 2 aromatic rings. The van der Waals surface area contributed by atoms with Gasteiger partial charge in [-0.3, -0.25) is 4.79 Å². The minimum atomic E-state index is -0.981. The van der Waals surface area contributed by atoms with Crippen molar-refractivity contribution in [3.63, 3.8) is 0 Å². The average Bonchev–Trinajstić information content (AvgIpc) is 2.62. The van der Waals surface area contributed by atoms with Gasteiger partial charge < -0.3 is 14.8 Å². The van der Waals surface area contributed by atoms with E-state index in [2.05, 4.69) is 5.32 Å². The lowest BCUT2D eigenvalue weighted by atomic mass is 10.1. The Kier molecular flexibility index (Phi) is 5.53. The first-order valence-electron chi connectivity index (χ1n) is 7.19. The monoisotopic (exact) mass is 324 g/mol. The third-order valence-corrected chi connectivity index (χ3v) is 3.24.